The zero-order chi connectivity index (χ0) is 15.7. The summed E-state index contributed by atoms with van der Waals surface area (Å²) in [5, 5.41) is 13.1. The molecule has 2 heterocycles. The number of aromatic nitrogens is 2. The van der Waals surface area contributed by atoms with Gasteiger partial charge in [-0.3, -0.25) is 4.68 Å². The third-order valence-corrected chi connectivity index (χ3v) is 4.68. The van der Waals surface area contributed by atoms with E-state index >= 15 is 0 Å². The molecule has 0 saturated heterocycles. The number of carbonyl (C=O) groups is 1. The molecule has 22 heavy (non-hydrogen) atoms. The number of carboxylic acids is 1. The summed E-state index contributed by atoms with van der Waals surface area (Å²) in [7, 11) is 0. The van der Waals surface area contributed by atoms with Crippen molar-refractivity contribution in [3.05, 3.63) is 64.3 Å². The molecule has 0 amide bonds. The van der Waals surface area contributed by atoms with Gasteiger partial charge in [0.05, 0.1) is 18.3 Å². The summed E-state index contributed by atoms with van der Waals surface area (Å²) in [6.45, 7) is 4.75. The van der Waals surface area contributed by atoms with Crippen molar-refractivity contribution in [3.8, 4) is 10.4 Å². The first kappa shape index (κ1) is 14.5. The lowest BCUT2D eigenvalue weighted by molar-refractivity contribution is 0.0697. The fraction of sp³-hybridized carbons (Fsp3) is 0.176. The van der Waals surface area contributed by atoms with E-state index in [-0.39, 0.29) is 5.56 Å². The number of hydrogen-bond donors (Lipinski definition) is 1. The second-order valence-corrected chi connectivity index (χ2v) is 6.55. The maximum atomic E-state index is 10.9. The van der Waals surface area contributed by atoms with E-state index in [0.29, 0.717) is 6.54 Å². The van der Waals surface area contributed by atoms with Crippen LogP contribution in [-0.4, -0.2) is 20.9 Å². The molecule has 0 bridgehead atoms. The van der Waals surface area contributed by atoms with Gasteiger partial charge in [0.2, 0.25) is 0 Å². The minimum absolute atomic E-state index is 0.215. The molecule has 5 heteroatoms. The Morgan fingerprint density at radius 1 is 1.32 bits per heavy atom. The van der Waals surface area contributed by atoms with Crippen LogP contribution in [0.4, 0.5) is 0 Å². The van der Waals surface area contributed by atoms with Gasteiger partial charge in [0.15, 0.2) is 0 Å². The summed E-state index contributed by atoms with van der Waals surface area (Å²) in [5.41, 5.74) is 3.84. The molecular weight excluding hydrogens is 296 g/mol. The van der Waals surface area contributed by atoms with Crippen LogP contribution in [0.5, 0.6) is 0 Å². The van der Waals surface area contributed by atoms with Crippen molar-refractivity contribution >= 4 is 17.3 Å². The van der Waals surface area contributed by atoms with Crippen molar-refractivity contribution in [2.45, 2.75) is 20.4 Å². The number of thiophene rings is 1. The molecule has 0 saturated carbocycles. The molecule has 0 aliphatic rings. The highest BCUT2D eigenvalue weighted by molar-refractivity contribution is 7.15. The molecule has 0 unspecified atom stereocenters. The topological polar surface area (TPSA) is 55.1 Å². The summed E-state index contributed by atoms with van der Waals surface area (Å²) in [5.74, 6) is -0.950. The number of carboxylic acid groups (broad SMARTS) is 1. The molecular formula is C17H16N2O2S. The van der Waals surface area contributed by atoms with Crippen LogP contribution in [0.15, 0.2) is 42.7 Å². The predicted octanol–water partition coefficient (Wildman–Crippen LogP) is 3.97. The Labute approximate surface area is 132 Å². The third-order valence-electron chi connectivity index (χ3n) is 3.54. The highest BCUT2D eigenvalue weighted by Crippen LogP contribution is 2.31. The fourth-order valence-electron chi connectivity index (χ4n) is 2.35. The van der Waals surface area contributed by atoms with E-state index in [1.807, 2.05) is 0 Å². The number of rotatable bonds is 4. The van der Waals surface area contributed by atoms with Crippen LogP contribution >= 0.6 is 11.3 Å². The molecule has 112 valence electrons. The molecule has 1 N–H and O–H groups in total. The Hall–Kier alpha value is -2.40. The van der Waals surface area contributed by atoms with Gasteiger partial charge in [0.1, 0.15) is 0 Å². The van der Waals surface area contributed by atoms with Crippen molar-refractivity contribution in [1.29, 1.82) is 0 Å². The maximum Gasteiger partial charge on any atom is 0.338 e. The first-order valence-corrected chi connectivity index (χ1v) is 7.76. The zero-order valence-corrected chi connectivity index (χ0v) is 13.2. The fourth-order valence-corrected chi connectivity index (χ4v) is 3.38. The standard InChI is InChI=1S/C17H16N2O2S/c1-11-4-3-5-13(6-11)16-7-14(12(2)22-16)9-19-10-15(8-18-19)17(20)21/h3-8,10H,9H2,1-2H3,(H,20,21). The smallest absolute Gasteiger partial charge is 0.338 e. The van der Waals surface area contributed by atoms with Gasteiger partial charge in [-0.15, -0.1) is 11.3 Å². The molecule has 0 aliphatic carbocycles. The van der Waals surface area contributed by atoms with Crippen molar-refractivity contribution in [3.63, 3.8) is 0 Å². The normalized spacial score (nSPS) is 10.8. The second kappa shape index (κ2) is 5.77. The Balaban J connectivity index is 1.87. The van der Waals surface area contributed by atoms with E-state index in [0.717, 1.165) is 0 Å². The van der Waals surface area contributed by atoms with Gasteiger partial charge in [-0.25, -0.2) is 4.79 Å². The first-order chi connectivity index (χ1) is 10.5. The van der Waals surface area contributed by atoms with Gasteiger partial charge >= 0.3 is 5.97 Å². The van der Waals surface area contributed by atoms with E-state index < -0.39 is 5.97 Å². The summed E-state index contributed by atoms with van der Waals surface area (Å²) >= 11 is 1.75. The highest BCUT2D eigenvalue weighted by Gasteiger charge is 2.10. The number of aromatic carboxylic acids is 1. The molecule has 0 radical (unpaired) electrons. The molecule has 2 aromatic heterocycles. The minimum atomic E-state index is -0.950. The Morgan fingerprint density at radius 2 is 2.14 bits per heavy atom. The molecule has 3 aromatic rings. The first-order valence-electron chi connectivity index (χ1n) is 6.95. The van der Waals surface area contributed by atoms with Crippen LogP contribution in [0.25, 0.3) is 10.4 Å². The van der Waals surface area contributed by atoms with E-state index in [4.69, 9.17) is 5.11 Å². The highest BCUT2D eigenvalue weighted by atomic mass is 32.1. The average molecular weight is 312 g/mol. The van der Waals surface area contributed by atoms with Gasteiger partial charge in [-0.2, -0.15) is 5.10 Å². The predicted molar refractivity (Wildman–Crippen MR) is 87.5 cm³/mol. The molecule has 0 fully saturated rings. The SMILES string of the molecule is Cc1cccc(-c2cc(Cn3cc(C(=O)O)cn3)c(C)s2)c1. The average Bonchev–Trinajstić information content (AvgIpc) is 3.07. The third kappa shape index (κ3) is 2.94. The van der Waals surface area contributed by atoms with Crippen LogP contribution in [0, 0.1) is 13.8 Å². The Kier molecular flexibility index (Phi) is 3.81. The Bertz CT molecular complexity index is 833. The quantitative estimate of drug-likeness (QED) is 0.793. The number of hydrogen-bond acceptors (Lipinski definition) is 3. The number of benzene rings is 1. The number of aryl methyl sites for hydroxylation is 2. The molecule has 0 atom stereocenters. The van der Waals surface area contributed by atoms with Gasteiger partial charge in [0, 0.05) is 16.0 Å². The van der Waals surface area contributed by atoms with Crippen molar-refractivity contribution in [2.24, 2.45) is 0 Å². The lowest BCUT2D eigenvalue weighted by atomic mass is 10.1. The molecule has 1 aromatic carbocycles. The van der Waals surface area contributed by atoms with E-state index in [9.17, 15) is 4.79 Å². The van der Waals surface area contributed by atoms with Crippen LogP contribution in [-0.2, 0) is 6.54 Å². The van der Waals surface area contributed by atoms with Crippen LogP contribution in [0.3, 0.4) is 0 Å². The van der Waals surface area contributed by atoms with Gasteiger partial charge in [-0.05, 0) is 31.0 Å². The van der Waals surface area contributed by atoms with Crippen molar-refractivity contribution in [1.82, 2.24) is 9.78 Å². The van der Waals surface area contributed by atoms with Crippen molar-refractivity contribution < 1.29 is 9.90 Å². The van der Waals surface area contributed by atoms with Gasteiger partial charge in [-0.1, -0.05) is 29.8 Å². The molecule has 0 aliphatic heterocycles. The van der Waals surface area contributed by atoms with Crippen molar-refractivity contribution in [2.75, 3.05) is 0 Å². The van der Waals surface area contributed by atoms with Gasteiger partial charge < -0.3 is 5.11 Å². The lowest BCUT2D eigenvalue weighted by Gasteiger charge is -2.00. The van der Waals surface area contributed by atoms with E-state index in [1.54, 1.807) is 22.2 Å². The summed E-state index contributed by atoms with van der Waals surface area (Å²) < 4.78 is 1.67. The monoisotopic (exact) mass is 312 g/mol. The zero-order valence-electron chi connectivity index (χ0n) is 12.4. The largest absolute Gasteiger partial charge is 0.478 e. The van der Waals surface area contributed by atoms with Crippen LogP contribution < -0.4 is 0 Å². The lowest BCUT2D eigenvalue weighted by Crippen LogP contribution is -2.00. The number of nitrogens with zero attached hydrogens (tertiary/aromatic N) is 2. The minimum Gasteiger partial charge on any atom is -0.478 e. The maximum absolute atomic E-state index is 10.9. The summed E-state index contributed by atoms with van der Waals surface area (Å²) in [6, 6.07) is 10.6. The second-order valence-electron chi connectivity index (χ2n) is 5.29. The van der Waals surface area contributed by atoms with Gasteiger partial charge in [0.25, 0.3) is 0 Å². The van der Waals surface area contributed by atoms with Crippen LogP contribution in [0.1, 0.15) is 26.4 Å². The molecule has 3 rings (SSSR count). The summed E-state index contributed by atoms with van der Waals surface area (Å²) in [6.07, 6.45) is 2.94. The van der Waals surface area contributed by atoms with E-state index in [1.165, 1.54) is 32.6 Å². The Morgan fingerprint density at radius 3 is 2.82 bits per heavy atom. The van der Waals surface area contributed by atoms with Crippen LogP contribution in [0.2, 0.25) is 0 Å². The molecule has 0 spiro atoms. The van der Waals surface area contributed by atoms with E-state index in [2.05, 4.69) is 49.3 Å². The summed E-state index contributed by atoms with van der Waals surface area (Å²) in [4.78, 5) is 13.4. The molecule has 4 nitrogen and oxygen atoms in total.